The van der Waals surface area contributed by atoms with Crippen LogP contribution in [0.4, 0.5) is 0 Å². The zero-order valence-corrected chi connectivity index (χ0v) is 8.12. The molecule has 0 heterocycles. The Morgan fingerprint density at radius 3 is 2.79 bits per heavy atom. The van der Waals surface area contributed by atoms with Gasteiger partial charge in [0.2, 0.25) is 0 Å². The Morgan fingerprint density at radius 1 is 1.43 bits per heavy atom. The summed E-state index contributed by atoms with van der Waals surface area (Å²) in [5.74, 6) is 1.23. The van der Waals surface area contributed by atoms with Gasteiger partial charge in [-0.1, -0.05) is 0 Å². The summed E-state index contributed by atoms with van der Waals surface area (Å²) < 4.78 is 10.5. The molecular weight excluding hydrogens is 178 g/mol. The summed E-state index contributed by atoms with van der Waals surface area (Å²) in [4.78, 5) is 0. The molecule has 0 saturated carbocycles. The molecule has 73 valence electrons. The van der Waals surface area contributed by atoms with Crippen molar-refractivity contribution in [3.63, 3.8) is 0 Å². The molecule has 3 nitrogen and oxygen atoms in total. The molecular formula is C11H12NO2. The highest BCUT2D eigenvalue weighted by molar-refractivity contribution is 5.46. The van der Waals surface area contributed by atoms with Gasteiger partial charge >= 0.3 is 0 Å². The molecule has 0 bridgehead atoms. The second-order valence-corrected chi connectivity index (χ2v) is 2.68. The Kier molecular flexibility index (Phi) is 3.81. The first kappa shape index (κ1) is 10.4. The summed E-state index contributed by atoms with van der Waals surface area (Å²) in [5, 5.41) is 8.69. The topological polar surface area (TPSA) is 42.2 Å². The monoisotopic (exact) mass is 190 g/mol. The minimum atomic E-state index is 0.519. The van der Waals surface area contributed by atoms with Crippen LogP contribution >= 0.6 is 0 Å². The van der Waals surface area contributed by atoms with Gasteiger partial charge in [0.25, 0.3) is 0 Å². The van der Waals surface area contributed by atoms with Crippen LogP contribution in [0.15, 0.2) is 18.2 Å². The number of nitriles is 1. The largest absolute Gasteiger partial charge is 0.493 e. The smallest absolute Gasteiger partial charge is 0.162 e. The number of rotatable bonds is 4. The fourth-order valence-electron chi connectivity index (χ4n) is 1.04. The maximum Gasteiger partial charge on any atom is 0.162 e. The van der Waals surface area contributed by atoms with Crippen LogP contribution < -0.4 is 9.47 Å². The number of nitrogens with zero attached hydrogens (tertiary/aromatic N) is 1. The molecule has 0 aliphatic rings. The fourth-order valence-corrected chi connectivity index (χ4v) is 1.04. The van der Waals surface area contributed by atoms with Crippen molar-refractivity contribution < 1.29 is 9.47 Å². The summed E-state index contributed by atoms with van der Waals surface area (Å²) >= 11 is 0. The van der Waals surface area contributed by atoms with E-state index >= 15 is 0 Å². The van der Waals surface area contributed by atoms with Gasteiger partial charge in [-0.05, 0) is 25.5 Å². The zero-order valence-electron chi connectivity index (χ0n) is 8.12. The maximum atomic E-state index is 8.69. The third-order valence-corrected chi connectivity index (χ3v) is 1.69. The Labute approximate surface area is 83.9 Å². The van der Waals surface area contributed by atoms with Crippen LogP contribution in [-0.4, -0.2) is 13.7 Å². The van der Waals surface area contributed by atoms with E-state index in [1.165, 1.54) is 0 Å². The second-order valence-electron chi connectivity index (χ2n) is 2.68. The molecule has 1 aromatic rings. The zero-order chi connectivity index (χ0) is 10.4. The van der Waals surface area contributed by atoms with E-state index in [-0.39, 0.29) is 0 Å². The van der Waals surface area contributed by atoms with Crippen molar-refractivity contribution in [2.75, 3.05) is 13.7 Å². The summed E-state index contributed by atoms with van der Waals surface area (Å²) in [5.41, 5.74) is 0.560. The van der Waals surface area contributed by atoms with Crippen molar-refractivity contribution in [2.24, 2.45) is 0 Å². The van der Waals surface area contributed by atoms with Crippen molar-refractivity contribution >= 4 is 0 Å². The highest BCUT2D eigenvalue weighted by atomic mass is 16.5. The van der Waals surface area contributed by atoms with Crippen LogP contribution in [-0.2, 0) is 0 Å². The van der Waals surface area contributed by atoms with E-state index in [1.807, 2.05) is 6.07 Å². The molecule has 0 aliphatic heterocycles. The van der Waals surface area contributed by atoms with E-state index in [4.69, 9.17) is 14.7 Å². The normalized spacial score (nSPS) is 9.21. The Hall–Kier alpha value is -1.69. The molecule has 0 N–H and O–H groups in total. The minimum absolute atomic E-state index is 0.519. The second kappa shape index (κ2) is 5.13. The molecule has 0 saturated heterocycles. The molecule has 0 fully saturated rings. The lowest BCUT2D eigenvalue weighted by molar-refractivity contribution is 0.299. The first-order chi connectivity index (χ1) is 6.81. The first-order valence-electron chi connectivity index (χ1n) is 4.32. The van der Waals surface area contributed by atoms with Crippen molar-refractivity contribution in [2.45, 2.75) is 6.42 Å². The predicted octanol–water partition coefficient (Wildman–Crippen LogP) is 2.17. The fraction of sp³-hybridized carbons (Fsp3) is 0.273. The van der Waals surface area contributed by atoms with Gasteiger partial charge in [0.15, 0.2) is 11.5 Å². The number of methoxy groups -OCH3 is 1. The molecule has 0 amide bonds. The minimum Gasteiger partial charge on any atom is -0.493 e. The van der Waals surface area contributed by atoms with Gasteiger partial charge < -0.3 is 9.47 Å². The molecule has 0 unspecified atom stereocenters. The highest BCUT2D eigenvalue weighted by Crippen LogP contribution is 2.27. The molecule has 1 aromatic carbocycles. The maximum absolute atomic E-state index is 8.69. The molecule has 0 atom stereocenters. The van der Waals surface area contributed by atoms with Crippen molar-refractivity contribution in [1.29, 1.82) is 5.26 Å². The predicted molar refractivity (Wildman–Crippen MR) is 53.2 cm³/mol. The van der Waals surface area contributed by atoms with Crippen LogP contribution in [0, 0.1) is 18.3 Å². The molecule has 0 spiro atoms. The molecule has 0 aliphatic carbocycles. The summed E-state index contributed by atoms with van der Waals surface area (Å²) in [6, 6.07) is 7.11. The van der Waals surface area contributed by atoms with Gasteiger partial charge in [0.05, 0.1) is 25.3 Å². The van der Waals surface area contributed by atoms with Crippen LogP contribution in [0.5, 0.6) is 11.5 Å². The standard InChI is InChI=1S/C11H12NO2/c1-3-6-14-11-7-9(8-12)4-5-10(11)13-2/h4-5,7H,1,3,6H2,2H3. The third kappa shape index (κ3) is 2.40. The van der Waals surface area contributed by atoms with Gasteiger partial charge in [0, 0.05) is 6.07 Å². The van der Waals surface area contributed by atoms with Crippen LogP contribution in [0.25, 0.3) is 0 Å². The van der Waals surface area contributed by atoms with Gasteiger partial charge in [-0.15, -0.1) is 0 Å². The number of hydrogen-bond donors (Lipinski definition) is 0. The van der Waals surface area contributed by atoms with E-state index in [1.54, 1.807) is 25.3 Å². The SMILES string of the molecule is [CH2]CCOc1cc(C#N)ccc1OC. The summed E-state index contributed by atoms with van der Waals surface area (Å²) in [6.45, 7) is 4.19. The lowest BCUT2D eigenvalue weighted by Gasteiger charge is -2.09. The van der Waals surface area contributed by atoms with Gasteiger partial charge in [-0.3, -0.25) is 0 Å². The Bertz CT molecular complexity index is 342. The average Bonchev–Trinajstić information content (AvgIpc) is 2.25. The van der Waals surface area contributed by atoms with Crippen LogP contribution in [0.2, 0.25) is 0 Å². The Balaban J connectivity index is 2.91. The van der Waals surface area contributed by atoms with E-state index < -0.39 is 0 Å². The molecule has 1 radical (unpaired) electrons. The quantitative estimate of drug-likeness (QED) is 0.730. The number of hydrogen-bond acceptors (Lipinski definition) is 3. The lowest BCUT2D eigenvalue weighted by atomic mass is 10.2. The molecule has 0 aromatic heterocycles. The van der Waals surface area contributed by atoms with Crippen molar-refractivity contribution in [3.8, 4) is 17.6 Å². The van der Waals surface area contributed by atoms with Crippen molar-refractivity contribution in [3.05, 3.63) is 30.7 Å². The summed E-state index contributed by atoms with van der Waals surface area (Å²) in [6.07, 6.45) is 0.680. The third-order valence-electron chi connectivity index (χ3n) is 1.69. The lowest BCUT2D eigenvalue weighted by Crippen LogP contribution is -1.98. The number of ether oxygens (including phenoxy) is 2. The van der Waals surface area contributed by atoms with Crippen molar-refractivity contribution in [1.82, 2.24) is 0 Å². The highest BCUT2D eigenvalue weighted by Gasteiger charge is 2.04. The van der Waals surface area contributed by atoms with E-state index in [0.29, 0.717) is 30.1 Å². The van der Waals surface area contributed by atoms with Gasteiger partial charge in [-0.25, -0.2) is 0 Å². The van der Waals surface area contributed by atoms with Crippen LogP contribution in [0.3, 0.4) is 0 Å². The van der Waals surface area contributed by atoms with E-state index in [2.05, 4.69) is 6.92 Å². The van der Waals surface area contributed by atoms with E-state index in [9.17, 15) is 0 Å². The molecule has 3 heteroatoms. The number of benzene rings is 1. The van der Waals surface area contributed by atoms with Gasteiger partial charge in [0.1, 0.15) is 0 Å². The van der Waals surface area contributed by atoms with Gasteiger partial charge in [-0.2, -0.15) is 5.26 Å². The molecule has 1 rings (SSSR count). The molecule has 14 heavy (non-hydrogen) atoms. The van der Waals surface area contributed by atoms with E-state index in [0.717, 1.165) is 0 Å². The van der Waals surface area contributed by atoms with Crippen LogP contribution in [0.1, 0.15) is 12.0 Å². The average molecular weight is 190 g/mol. The summed E-state index contributed by atoms with van der Waals surface area (Å²) in [7, 11) is 1.57. The first-order valence-corrected chi connectivity index (χ1v) is 4.32. The Morgan fingerprint density at radius 2 is 2.21 bits per heavy atom.